The average Bonchev–Trinajstić information content (AvgIpc) is 2.86. The highest BCUT2D eigenvalue weighted by atomic mass is 32.2. The van der Waals surface area contributed by atoms with Gasteiger partial charge in [-0.05, 0) is 25.7 Å². The van der Waals surface area contributed by atoms with Crippen LogP contribution in [0.4, 0.5) is 0 Å². The molecule has 3 aliphatic rings. The summed E-state index contributed by atoms with van der Waals surface area (Å²) >= 11 is 0. The molecule has 4 heterocycles. The van der Waals surface area contributed by atoms with Gasteiger partial charge in [0, 0.05) is 52.1 Å². The van der Waals surface area contributed by atoms with Crippen molar-refractivity contribution in [2.75, 3.05) is 39.9 Å². The molecule has 23 heavy (non-hydrogen) atoms. The van der Waals surface area contributed by atoms with E-state index in [1.54, 1.807) is 22.3 Å². The minimum Gasteiger partial charge on any atom is -0.383 e. The second-order valence-corrected chi connectivity index (χ2v) is 8.38. The van der Waals surface area contributed by atoms with Crippen molar-refractivity contribution in [3.05, 3.63) is 12.4 Å². The lowest BCUT2D eigenvalue weighted by Gasteiger charge is -2.35. The molecular formula is C15H26N4O3S. The molecule has 8 heteroatoms. The number of nitrogens with zero attached hydrogens (tertiary/aromatic N) is 4. The van der Waals surface area contributed by atoms with Gasteiger partial charge in [-0.15, -0.1) is 0 Å². The molecule has 0 amide bonds. The van der Waals surface area contributed by atoms with Crippen LogP contribution in [0.2, 0.25) is 0 Å². The van der Waals surface area contributed by atoms with Crippen molar-refractivity contribution in [1.29, 1.82) is 0 Å². The lowest BCUT2D eigenvalue weighted by atomic mass is 9.95. The summed E-state index contributed by atoms with van der Waals surface area (Å²) in [7, 11) is -1.75. The normalized spacial score (nSPS) is 26.5. The van der Waals surface area contributed by atoms with Gasteiger partial charge in [-0.3, -0.25) is 9.58 Å². The molecule has 2 atom stereocenters. The van der Waals surface area contributed by atoms with E-state index in [1.807, 2.05) is 6.92 Å². The number of rotatable bonds is 6. The molecule has 4 rings (SSSR count). The van der Waals surface area contributed by atoms with E-state index in [9.17, 15) is 8.42 Å². The van der Waals surface area contributed by atoms with Gasteiger partial charge in [-0.1, -0.05) is 0 Å². The maximum Gasteiger partial charge on any atom is 0.246 e. The minimum absolute atomic E-state index is 0.292. The number of sulfonamides is 1. The molecule has 0 radical (unpaired) electrons. The Kier molecular flexibility index (Phi) is 5.05. The third-order valence-electron chi connectivity index (χ3n) is 4.95. The molecule has 2 bridgehead atoms. The van der Waals surface area contributed by atoms with E-state index in [4.69, 9.17) is 4.74 Å². The van der Waals surface area contributed by atoms with Crippen LogP contribution in [0.3, 0.4) is 0 Å². The number of hydrogen-bond donors (Lipinski definition) is 0. The number of piperidine rings is 1. The average molecular weight is 342 g/mol. The van der Waals surface area contributed by atoms with Crippen molar-refractivity contribution in [3.8, 4) is 0 Å². The van der Waals surface area contributed by atoms with Crippen LogP contribution in [0.5, 0.6) is 0 Å². The summed E-state index contributed by atoms with van der Waals surface area (Å²) in [6.45, 7) is 6.33. The molecule has 0 saturated carbocycles. The van der Waals surface area contributed by atoms with Crippen molar-refractivity contribution >= 4 is 10.0 Å². The highest BCUT2D eigenvalue weighted by molar-refractivity contribution is 7.89. The fourth-order valence-corrected chi connectivity index (χ4v) is 5.12. The van der Waals surface area contributed by atoms with Crippen molar-refractivity contribution in [3.63, 3.8) is 0 Å². The second-order valence-electron chi connectivity index (χ2n) is 6.44. The first-order valence-corrected chi connectivity index (χ1v) is 9.74. The van der Waals surface area contributed by atoms with Gasteiger partial charge < -0.3 is 4.74 Å². The fourth-order valence-electron chi connectivity index (χ4n) is 3.61. The lowest BCUT2D eigenvalue weighted by Crippen LogP contribution is -2.45. The molecule has 3 saturated heterocycles. The standard InChI is InChI=1S/C15H26N4O3S/c1-3-18-12-15(8-16-18)23(20,21)19-10-13-4-5-14(11-19)17(9-13)6-7-22-2/h8,12-14H,3-7,9-11H2,1-2H3/t13-,14-/m0/s1. The molecule has 0 aliphatic carbocycles. The van der Waals surface area contributed by atoms with Crippen LogP contribution >= 0.6 is 0 Å². The zero-order chi connectivity index (χ0) is 16.4. The van der Waals surface area contributed by atoms with Crippen LogP contribution in [0.15, 0.2) is 17.3 Å². The van der Waals surface area contributed by atoms with Gasteiger partial charge in [0.05, 0.1) is 12.8 Å². The highest BCUT2D eigenvalue weighted by Crippen LogP contribution is 2.30. The molecule has 0 N–H and O–H groups in total. The van der Waals surface area contributed by atoms with Gasteiger partial charge in [0.15, 0.2) is 0 Å². The Morgan fingerprint density at radius 2 is 2.13 bits per heavy atom. The van der Waals surface area contributed by atoms with Crippen LogP contribution in [0.1, 0.15) is 19.8 Å². The Labute approximate surface area is 138 Å². The SMILES string of the molecule is CCn1cc(S(=O)(=O)N2C[C@H]3CC[C@@H](C2)N(CCOC)C3)cn1. The third-order valence-corrected chi connectivity index (χ3v) is 6.73. The Morgan fingerprint density at radius 3 is 2.83 bits per heavy atom. The summed E-state index contributed by atoms with van der Waals surface area (Å²) in [6, 6.07) is 0.292. The number of ether oxygens (including phenoxy) is 1. The number of aryl methyl sites for hydroxylation is 1. The molecule has 1 aromatic rings. The summed E-state index contributed by atoms with van der Waals surface area (Å²) in [5.74, 6) is 0.404. The maximum atomic E-state index is 12.9. The molecule has 0 spiro atoms. The van der Waals surface area contributed by atoms with E-state index >= 15 is 0 Å². The molecule has 130 valence electrons. The quantitative estimate of drug-likeness (QED) is 0.759. The predicted molar refractivity (Wildman–Crippen MR) is 86.6 cm³/mol. The Balaban J connectivity index is 1.78. The predicted octanol–water partition coefficient (Wildman–Crippen LogP) is 0.634. The Hall–Kier alpha value is -0.960. The van der Waals surface area contributed by atoms with Crippen LogP contribution in [-0.2, 0) is 21.3 Å². The summed E-state index contributed by atoms with van der Waals surface area (Å²) in [5, 5.41) is 4.11. The first-order chi connectivity index (χ1) is 11.0. The van der Waals surface area contributed by atoms with Crippen molar-refractivity contribution in [2.24, 2.45) is 5.92 Å². The van der Waals surface area contributed by atoms with E-state index in [0.717, 1.165) is 25.9 Å². The number of hydrogen-bond acceptors (Lipinski definition) is 5. The van der Waals surface area contributed by atoms with Crippen LogP contribution < -0.4 is 0 Å². The van der Waals surface area contributed by atoms with E-state index < -0.39 is 10.0 Å². The summed E-state index contributed by atoms with van der Waals surface area (Å²) in [4.78, 5) is 2.70. The van der Waals surface area contributed by atoms with E-state index in [-0.39, 0.29) is 0 Å². The van der Waals surface area contributed by atoms with Gasteiger partial charge in [-0.25, -0.2) is 8.42 Å². The topological polar surface area (TPSA) is 67.7 Å². The van der Waals surface area contributed by atoms with Crippen molar-refractivity contribution in [1.82, 2.24) is 19.0 Å². The molecule has 3 aliphatic heterocycles. The summed E-state index contributed by atoms with van der Waals surface area (Å²) in [6.07, 6.45) is 5.27. The largest absolute Gasteiger partial charge is 0.383 e. The molecular weight excluding hydrogens is 316 g/mol. The van der Waals surface area contributed by atoms with Gasteiger partial charge in [0.1, 0.15) is 4.90 Å². The smallest absolute Gasteiger partial charge is 0.246 e. The maximum absolute atomic E-state index is 12.9. The van der Waals surface area contributed by atoms with E-state index in [2.05, 4.69) is 10.00 Å². The fraction of sp³-hybridized carbons (Fsp3) is 0.800. The molecule has 0 aromatic carbocycles. The molecule has 7 nitrogen and oxygen atoms in total. The summed E-state index contributed by atoms with van der Waals surface area (Å²) < 4.78 is 34.4. The van der Waals surface area contributed by atoms with E-state index in [1.165, 1.54) is 6.20 Å². The molecule has 3 fully saturated rings. The zero-order valence-corrected chi connectivity index (χ0v) is 14.7. The summed E-state index contributed by atoms with van der Waals surface area (Å²) in [5.41, 5.74) is 0. The first-order valence-electron chi connectivity index (χ1n) is 8.30. The number of fused-ring (bicyclic) bond motifs is 4. The van der Waals surface area contributed by atoms with Gasteiger partial charge >= 0.3 is 0 Å². The zero-order valence-electron chi connectivity index (χ0n) is 13.9. The van der Waals surface area contributed by atoms with Crippen molar-refractivity contribution < 1.29 is 13.2 Å². The monoisotopic (exact) mass is 342 g/mol. The second kappa shape index (κ2) is 6.88. The van der Waals surface area contributed by atoms with Crippen molar-refractivity contribution in [2.45, 2.75) is 37.2 Å². The Bertz CT molecular complexity index is 630. The number of methoxy groups -OCH3 is 1. The molecule has 1 aromatic heterocycles. The van der Waals surface area contributed by atoms with Gasteiger partial charge in [0.25, 0.3) is 0 Å². The van der Waals surface area contributed by atoms with Crippen LogP contribution in [0.25, 0.3) is 0 Å². The van der Waals surface area contributed by atoms with E-state index in [0.29, 0.717) is 43.1 Å². The first kappa shape index (κ1) is 16.9. The van der Waals surface area contributed by atoms with Gasteiger partial charge in [-0.2, -0.15) is 9.40 Å². The molecule has 0 unspecified atom stereocenters. The number of aromatic nitrogens is 2. The van der Waals surface area contributed by atoms with Gasteiger partial charge in [0.2, 0.25) is 10.0 Å². The third kappa shape index (κ3) is 3.45. The minimum atomic E-state index is -3.45. The van der Waals surface area contributed by atoms with Crippen LogP contribution in [-0.4, -0.2) is 73.3 Å². The lowest BCUT2D eigenvalue weighted by molar-refractivity contribution is 0.0881. The van der Waals surface area contributed by atoms with Crippen LogP contribution in [0, 0.1) is 5.92 Å². The Morgan fingerprint density at radius 1 is 1.30 bits per heavy atom. The highest BCUT2D eigenvalue weighted by Gasteiger charge is 2.39.